The maximum Gasteiger partial charge on any atom is 0.145 e. The number of hydrogen-bond acceptors (Lipinski definition) is 3. The Labute approximate surface area is 107 Å². The highest BCUT2D eigenvalue weighted by Crippen LogP contribution is 2.34. The van der Waals surface area contributed by atoms with Gasteiger partial charge in [-0.15, -0.1) is 0 Å². The van der Waals surface area contributed by atoms with Crippen LogP contribution >= 0.6 is 11.6 Å². The highest BCUT2D eigenvalue weighted by atomic mass is 35.5. The predicted octanol–water partition coefficient (Wildman–Crippen LogP) is 3.07. The first-order chi connectivity index (χ1) is 7.95. The Balaban J connectivity index is 2.98. The number of carbonyl (C=O) groups is 1. The summed E-state index contributed by atoms with van der Waals surface area (Å²) in [5, 5.41) is 0.674. The number of Topliss-reactive ketones (excluding diaryl/α,β-unsaturated/α-hetero) is 1. The van der Waals surface area contributed by atoms with E-state index in [2.05, 4.69) is 0 Å². The second kappa shape index (κ2) is 5.92. The molecule has 0 aliphatic carbocycles. The summed E-state index contributed by atoms with van der Waals surface area (Å²) in [7, 11) is 3.56. The van der Waals surface area contributed by atoms with Crippen LogP contribution in [0.25, 0.3) is 0 Å². The lowest BCUT2D eigenvalue weighted by Crippen LogP contribution is -2.21. The lowest BCUT2D eigenvalue weighted by Gasteiger charge is -2.22. The topological polar surface area (TPSA) is 29.5 Å². The number of halogens is 1. The first kappa shape index (κ1) is 13.8. The van der Waals surface area contributed by atoms with Crippen molar-refractivity contribution in [1.29, 1.82) is 0 Å². The van der Waals surface area contributed by atoms with Crippen LogP contribution in [0.5, 0.6) is 5.75 Å². The van der Waals surface area contributed by atoms with Crippen molar-refractivity contribution < 1.29 is 9.53 Å². The number of aryl methyl sites for hydroxylation is 1. The summed E-state index contributed by atoms with van der Waals surface area (Å²) in [6, 6.07) is 3.72. The Morgan fingerprint density at radius 2 is 2.12 bits per heavy atom. The van der Waals surface area contributed by atoms with Gasteiger partial charge in [-0.2, -0.15) is 0 Å². The van der Waals surface area contributed by atoms with E-state index < -0.39 is 0 Å². The van der Waals surface area contributed by atoms with Gasteiger partial charge in [-0.25, -0.2) is 0 Å². The molecule has 0 heterocycles. The molecule has 3 nitrogen and oxygen atoms in total. The molecular formula is C13H18ClNO2. The van der Waals surface area contributed by atoms with Crippen molar-refractivity contribution in [3.8, 4) is 5.75 Å². The highest BCUT2D eigenvalue weighted by molar-refractivity contribution is 6.31. The third kappa shape index (κ3) is 3.63. The van der Waals surface area contributed by atoms with E-state index in [0.717, 1.165) is 17.0 Å². The molecule has 0 aliphatic rings. The van der Waals surface area contributed by atoms with Crippen LogP contribution < -0.4 is 9.64 Å². The molecule has 0 aliphatic heterocycles. The van der Waals surface area contributed by atoms with Crippen molar-refractivity contribution in [2.75, 3.05) is 25.6 Å². The maximum atomic E-state index is 11.0. The summed E-state index contributed by atoms with van der Waals surface area (Å²) in [4.78, 5) is 13.0. The van der Waals surface area contributed by atoms with E-state index in [1.807, 2.05) is 31.0 Å². The van der Waals surface area contributed by atoms with Crippen molar-refractivity contribution in [2.24, 2.45) is 0 Å². The van der Waals surface area contributed by atoms with Gasteiger partial charge in [0, 0.05) is 25.0 Å². The van der Waals surface area contributed by atoms with Gasteiger partial charge >= 0.3 is 0 Å². The fourth-order valence-electron chi connectivity index (χ4n) is 1.71. The minimum absolute atomic E-state index is 0.176. The van der Waals surface area contributed by atoms with Gasteiger partial charge in [0.2, 0.25) is 0 Å². The molecule has 4 heteroatoms. The van der Waals surface area contributed by atoms with Crippen LogP contribution in [0.3, 0.4) is 0 Å². The van der Waals surface area contributed by atoms with Crippen LogP contribution in [-0.4, -0.2) is 26.5 Å². The number of anilines is 1. The summed E-state index contributed by atoms with van der Waals surface area (Å²) in [5.74, 6) is 0.981. The zero-order valence-electron chi connectivity index (χ0n) is 10.7. The minimum Gasteiger partial charge on any atom is -0.494 e. The Morgan fingerprint density at radius 3 is 2.65 bits per heavy atom. The lowest BCUT2D eigenvalue weighted by molar-refractivity contribution is -0.116. The monoisotopic (exact) mass is 255 g/mol. The zero-order valence-corrected chi connectivity index (χ0v) is 11.5. The van der Waals surface area contributed by atoms with E-state index in [4.69, 9.17) is 16.3 Å². The Morgan fingerprint density at radius 1 is 1.47 bits per heavy atom. The molecule has 1 aromatic rings. The molecule has 0 amide bonds. The average molecular weight is 256 g/mol. The standard InChI is InChI=1S/C13H18ClNO2/c1-9-7-11(14)8-12(13(9)17-4)15(3)6-5-10(2)16/h7-8H,5-6H2,1-4H3. The first-order valence-corrected chi connectivity index (χ1v) is 5.88. The summed E-state index contributed by atoms with van der Waals surface area (Å²) < 4.78 is 5.37. The first-order valence-electron chi connectivity index (χ1n) is 5.50. The SMILES string of the molecule is COc1c(C)cc(Cl)cc1N(C)CCC(C)=O. The van der Waals surface area contributed by atoms with Crippen molar-refractivity contribution in [2.45, 2.75) is 20.3 Å². The van der Waals surface area contributed by atoms with Crippen LogP contribution in [0.4, 0.5) is 5.69 Å². The average Bonchev–Trinajstić information content (AvgIpc) is 2.24. The molecule has 0 N–H and O–H groups in total. The molecule has 0 aromatic heterocycles. The van der Waals surface area contributed by atoms with Crippen molar-refractivity contribution >= 4 is 23.1 Å². The van der Waals surface area contributed by atoms with Gasteiger partial charge in [0.15, 0.2) is 0 Å². The summed E-state index contributed by atoms with van der Waals surface area (Å²) in [6.45, 7) is 4.20. The molecule has 17 heavy (non-hydrogen) atoms. The third-order valence-corrected chi connectivity index (χ3v) is 2.85. The maximum absolute atomic E-state index is 11.0. The number of methoxy groups -OCH3 is 1. The predicted molar refractivity (Wildman–Crippen MR) is 71.3 cm³/mol. The van der Waals surface area contributed by atoms with Crippen LogP contribution in [0.2, 0.25) is 5.02 Å². The van der Waals surface area contributed by atoms with Gasteiger partial charge in [-0.3, -0.25) is 4.79 Å². The molecule has 0 atom stereocenters. The fourth-order valence-corrected chi connectivity index (χ4v) is 1.97. The molecule has 0 saturated heterocycles. The molecule has 0 bridgehead atoms. The molecule has 0 unspecified atom stereocenters. The van der Waals surface area contributed by atoms with Gasteiger partial charge in [0.1, 0.15) is 11.5 Å². The number of carbonyl (C=O) groups excluding carboxylic acids is 1. The third-order valence-electron chi connectivity index (χ3n) is 2.63. The van der Waals surface area contributed by atoms with Crippen LogP contribution in [0.15, 0.2) is 12.1 Å². The smallest absolute Gasteiger partial charge is 0.145 e. The molecule has 94 valence electrons. The Hall–Kier alpha value is -1.22. The fraction of sp³-hybridized carbons (Fsp3) is 0.462. The Kier molecular flexibility index (Phi) is 4.82. The molecule has 1 aromatic carbocycles. The second-order valence-corrected chi connectivity index (χ2v) is 4.59. The highest BCUT2D eigenvalue weighted by Gasteiger charge is 2.12. The largest absolute Gasteiger partial charge is 0.494 e. The molecule has 1 rings (SSSR count). The van der Waals surface area contributed by atoms with E-state index in [9.17, 15) is 4.79 Å². The van der Waals surface area contributed by atoms with Crippen LogP contribution in [-0.2, 0) is 4.79 Å². The van der Waals surface area contributed by atoms with Crippen molar-refractivity contribution in [3.63, 3.8) is 0 Å². The number of ether oxygens (including phenoxy) is 1. The van der Waals surface area contributed by atoms with Gasteiger partial charge < -0.3 is 9.64 Å². The zero-order chi connectivity index (χ0) is 13.0. The van der Waals surface area contributed by atoms with Gasteiger partial charge in [-0.05, 0) is 31.5 Å². The van der Waals surface area contributed by atoms with E-state index in [1.165, 1.54) is 0 Å². The van der Waals surface area contributed by atoms with Crippen LogP contribution in [0.1, 0.15) is 18.9 Å². The number of nitrogens with zero attached hydrogens (tertiary/aromatic N) is 1. The quantitative estimate of drug-likeness (QED) is 0.810. The Bertz CT molecular complexity index is 418. The van der Waals surface area contributed by atoms with E-state index in [0.29, 0.717) is 18.0 Å². The molecule has 0 saturated carbocycles. The summed E-state index contributed by atoms with van der Waals surface area (Å²) >= 11 is 6.04. The van der Waals surface area contributed by atoms with Crippen molar-refractivity contribution in [3.05, 3.63) is 22.7 Å². The van der Waals surface area contributed by atoms with Crippen molar-refractivity contribution in [1.82, 2.24) is 0 Å². The molecule has 0 fully saturated rings. The van der Waals surface area contributed by atoms with E-state index in [1.54, 1.807) is 14.0 Å². The molecule has 0 spiro atoms. The molecule has 0 radical (unpaired) electrons. The number of ketones is 1. The lowest BCUT2D eigenvalue weighted by atomic mass is 10.1. The number of benzene rings is 1. The van der Waals surface area contributed by atoms with E-state index >= 15 is 0 Å². The number of hydrogen-bond donors (Lipinski definition) is 0. The van der Waals surface area contributed by atoms with E-state index in [-0.39, 0.29) is 5.78 Å². The van der Waals surface area contributed by atoms with Gasteiger partial charge in [0.05, 0.1) is 12.8 Å². The summed E-state index contributed by atoms with van der Waals surface area (Å²) in [5.41, 5.74) is 1.91. The minimum atomic E-state index is 0.176. The normalized spacial score (nSPS) is 10.2. The molecular weight excluding hydrogens is 238 g/mol. The van der Waals surface area contributed by atoms with Crippen LogP contribution in [0, 0.1) is 6.92 Å². The van der Waals surface area contributed by atoms with Gasteiger partial charge in [-0.1, -0.05) is 11.6 Å². The van der Waals surface area contributed by atoms with Gasteiger partial charge in [0.25, 0.3) is 0 Å². The number of rotatable bonds is 5. The summed E-state index contributed by atoms with van der Waals surface area (Å²) in [6.07, 6.45) is 0.519. The second-order valence-electron chi connectivity index (χ2n) is 4.15.